The smallest absolute Gasteiger partial charge is 0.309 e. The molecule has 1 aliphatic rings. The van der Waals surface area contributed by atoms with E-state index >= 15 is 0 Å². The molecule has 1 saturated carbocycles. The van der Waals surface area contributed by atoms with E-state index in [2.05, 4.69) is 20.8 Å². The van der Waals surface area contributed by atoms with E-state index in [9.17, 15) is 9.59 Å². The maximum Gasteiger partial charge on any atom is 0.309 e. The van der Waals surface area contributed by atoms with Gasteiger partial charge in [-0.1, -0.05) is 72.1 Å². The minimum absolute atomic E-state index is 0.000693. The van der Waals surface area contributed by atoms with Gasteiger partial charge in [0, 0.05) is 0 Å². The van der Waals surface area contributed by atoms with Crippen molar-refractivity contribution in [2.45, 2.75) is 117 Å². The van der Waals surface area contributed by atoms with Crippen LogP contribution in [0.1, 0.15) is 111 Å². The number of hydrogen-bond donors (Lipinski definition) is 1. The molecule has 1 atom stereocenters. The maximum absolute atomic E-state index is 12.5. The molecule has 1 fully saturated rings. The van der Waals surface area contributed by atoms with Gasteiger partial charge in [-0.25, -0.2) is 0 Å². The highest BCUT2D eigenvalue weighted by Gasteiger charge is 2.32. The minimum atomic E-state index is -0.729. The van der Waals surface area contributed by atoms with Gasteiger partial charge in [0.25, 0.3) is 0 Å². The van der Waals surface area contributed by atoms with Crippen molar-refractivity contribution >= 4 is 11.9 Å². The normalized spacial score (nSPS) is 21.2. The summed E-state index contributed by atoms with van der Waals surface area (Å²) in [5.41, 5.74) is 0. The van der Waals surface area contributed by atoms with E-state index < -0.39 is 5.97 Å². The van der Waals surface area contributed by atoms with Crippen LogP contribution in [-0.4, -0.2) is 23.1 Å². The van der Waals surface area contributed by atoms with Gasteiger partial charge in [-0.3, -0.25) is 9.59 Å². The van der Waals surface area contributed by atoms with E-state index in [-0.39, 0.29) is 23.9 Å². The van der Waals surface area contributed by atoms with Gasteiger partial charge >= 0.3 is 11.9 Å². The monoisotopic (exact) mass is 382 g/mol. The largest absolute Gasteiger partial charge is 0.481 e. The van der Waals surface area contributed by atoms with Crippen LogP contribution in [0.15, 0.2) is 0 Å². The number of carbonyl (C=O) groups is 2. The minimum Gasteiger partial charge on any atom is -0.481 e. The standard InChI is InChI=1S/C23H42O4/c1-4-5-6-7-8-9-10-11-12-13-21(18(2)3)27-23(26)20-16-14-19(15-17-20)22(24)25/h18-21H,4-17H2,1-3H3,(H,24,25). The van der Waals surface area contributed by atoms with E-state index in [4.69, 9.17) is 9.84 Å². The Bertz CT molecular complexity index is 411. The van der Waals surface area contributed by atoms with Crippen molar-refractivity contribution in [3.05, 3.63) is 0 Å². The molecular weight excluding hydrogens is 340 g/mol. The summed E-state index contributed by atoms with van der Waals surface area (Å²) in [5, 5.41) is 9.08. The molecular formula is C23H42O4. The van der Waals surface area contributed by atoms with Gasteiger partial charge in [-0.2, -0.15) is 0 Å². The maximum atomic E-state index is 12.5. The van der Waals surface area contributed by atoms with Gasteiger partial charge in [0.15, 0.2) is 0 Å². The third-order valence-corrected chi connectivity index (χ3v) is 6.01. The molecule has 158 valence electrons. The Labute approximate surface area is 166 Å². The fourth-order valence-electron chi connectivity index (χ4n) is 4.01. The van der Waals surface area contributed by atoms with Gasteiger partial charge in [0.2, 0.25) is 0 Å². The fraction of sp³-hybridized carbons (Fsp3) is 0.913. The lowest BCUT2D eigenvalue weighted by Gasteiger charge is -2.28. The number of hydrogen-bond acceptors (Lipinski definition) is 3. The molecule has 0 heterocycles. The number of ether oxygens (including phenoxy) is 1. The zero-order chi connectivity index (χ0) is 20.1. The molecule has 1 N–H and O–H groups in total. The van der Waals surface area contributed by atoms with E-state index in [0.717, 1.165) is 12.8 Å². The average molecular weight is 383 g/mol. The Hall–Kier alpha value is -1.06. The van der Waals surface area contributed by atoms with Crippen LogP contribution in [0.3, 0.4) is 0 Å². The number of carboxylic acid groups (broad SMARTS) is 1. The molecule has 4 heteroatoms. The highest BCUT2D eigenvalue weighted by molar-refractivity contribution is 5.74. The summed E-state index contributed by atoms with van der Waals surface area (Å²) in [6.07, 6.45) is 15.1. The highest BCUT2D eigenvalue weighted by atomic mass is 16.5. The predicted octanol–water partition coefficient (Wildman–Crippen LogP) is 6.37. The number of aliphatic carboxylic acids is 1. The molecule has 0 aliphatic heterocycles. The topological polar surface area (TPSA) is 63.6 Å². The molecule has 1 rings (SSSR count). The zero-order valence-electron chi connectivity index (χ0n) is 17.9. The fourth-order valence-corrected chi connectivity index (χ4v) is 4.01. The van der Waals surface area contributed by atoms with E-state index in [1.165, 1.54) is 51.4 Å². The van der Waals surface area contributed by atoms with Crippen molar-refractivity contribution in [1.82, 2.24) is 0 Å². The molecule has 0 aromatic heterocycles. The molecule has 0 aromatic carbocycles. The zero-order valence-corrected chi connectivity index (χ0v) is 17.9. The first-order chi connectivity index (χ1) is 13.0. The van der Waals surface area contributed by atoms with Crippen molar-refractivity contribution in [3.8, 4) is 0 Å². The Kier molecular flexibility index (Phi) is 12.4. The number of rotatable bonds is 14. The number of unbranched alkanes of at least 4 members (excludes halogenated alkanes) is 8. The molecule has 0 bridgehead atoms. The van der Waals surface area contributed by atoms with Crippen molar-refractivity contribution in [2.75, 3.05) is 0 Å². The Morgan fingerprint density at radius 1 is 0.852 bits per heavy atom. The first-order valence-electron chi connectivity index (χ1n) is 11.4. The van der Waals surface area contributed by atoms with Crippen LogP contribution in [0.5, 0.6) is 0 Å². The van der Waals surface area contributed by atoms with E-state index in [1.54, 1.807) is 0 Å². The molecule has 0 spiro atoms. The first kappa shape index (κ1) is 24.0. The highest BCUT2D eigenvalue weighted by Crippen LogP contribution is 2.30. The van der Waals surface area contributed by atoms with Gasteiger partial charge in [-0.05, 0) is 44.4 Å². The summed E-state index contributed by atoms with van der Waals surface area (Å²) in [6, 6.07) is 0. The average Bonchev–Trinajstić information content (AvgIpc) is 2.65. The molecule has 1 aliphatic carbocycles. The first-order valence-corrected chi connectivity index (χ1v) is 11.4. The molecule has 0 amide bonds. The quantitative estimate of drug-likeness (QED) is 0.280. The molecule has 0 aromatic rings. The van der Waals surface area contributed by atoms with Crippen LogP contribution in [0.25, 0.3) is 0 Å². The van der Waals surface area contributed by atoms with Crippen molar-refractivity contribution < 1.29 is 19.4 Å². The van der Waals surface area contributed by atoms with Crippen molar-refractivity contribution in [3.63, 3.8) is 0 Å². The Morgan fingerprint density at radius 3 is 1.81 bits per heavy atom. The molecule has 0 saturated heterocycles. The van der Waals surface area contributed by atoms with Gasteiger partial charge in [0.1, 0.15) is 6.10 Å². The lowest BCUT2D eigenvalue weighted by atomic mass is 9.82. The predicted molar refractivity (Wildman–Crippen MR) is 110 cm³/mol. The van der Waals surface area contributed by atoms with Crippen LogP contribution in [0.2, 0.25) is 0 Å². The van der Waals surface area contributed by atoms with Crippen molar-refractivity contribution in [2.24, 2.45) is 17.8 Å². The molecule has 0 radical (unpaired) electrons. The van der Waals surface area contributed by atoms with Crippen LogP contribution in [0, 0.1) is 17.8 Å². The van der Waals surface area contributed by atoms with Crippen LogP contribution in [-0.2, 0) is 14.3 Å². The second kappa shape index (κ2) is 14.0. The van der Waals surface area contributed by atoms with E-state index in [1.807, 2.05) is 0 Å². The van der Waals surface area contributed by atoms with Gasteiger partial charge in [-0.15, -0.1) is 0 Å². The molecule has 1 unspecified atom stereocenters. The molecule has 27 heavy (non-hydrogen) atoms. The van der Waals surface area contributed by atoms with Crippen molar-refractivity contribution in [1.29, 1.82) is 0 Å². The summed E-state index contributed by atoms with van der Waals surface area (Å²) in [5.74, 6) is -0.888. The SMILES string of the molecule is CCCCCCCCCCCC(OC(=O)C1CCC(C(=O)O)CC1)C(C)C. The Morgan fingerprint density at radius 2 is 1.33 bits per heavy atom. The number of esters is 1. The number of carboxylic acids is 1. The third-order valence-electron chi connectivity index (χ3n) is 6.01. The van der Waals surface area contributed by atoms with E-state index in [0.29, 0.717) is 31.6 Å². The summed E-state index contributed by atoms with van der Waals surface area (Å²) in [4.78, 5) is 23.5. The lowest BCUT2D eigenvalue weighted by Crippen LogP contribution is -2.31. The van der Waals surface area contributed by atoms with Crippen LogP contribution in [0.4, 0.5) is 0 Å². The summed E-state index contributed by atoms with van der Waals surface area (Å²) in [6.45, 7) is 6.49. The second-order valence-electron chi connectivity index (χ2n) is 8.72. The van der Waals surface area contributed by atoms with Gasteiger partial charge in [0.05, 0.1) is 11.8 Å². The summed E-state index contributed by atoms with van der Waals surface area (Å²) < 4.78 is 5.83. The second-order valence-corrected chi connectivity index (χ2v) is 8.72. The van der Waals surface area contributed by atoms with Gasteiger partial charge < -0.3 is 9.84 Å². The molecule has 4 nitrogen and oxygen atoms in total. The van der Waals surface area contributed by atoms with Crippen LogP contribution < -0.4 is 0 Å². The lowest BCUT2D eigenvalue weighted by molar-refractivity contribution is -0.159. The Balaban J connectivity index is 2.20. The third kappa shape index (κ3) is 10.2. The van der Waals surface area contributed by atoms with Crippen LogP contribution >= 0.6 is 0 Å². The number of carbonyl (C=O) groups excluding carboxylic acids is 1. The summed E-state index contributed by atoms with van der Waals surface area (Å²) in [7, 11) is 0. The summed E-state index contributed by atoms with van der Waals surface area (Å²) >= 11 is 0.